The van der Waals surface area contributed by atoms with Crippen LogP contribution in [0.1, 0.15) is 18.9 Å². The SMILES string of the molecule is CC[C@@H](Oc1ccc2ccccc2c1Br)C(=O)N/N=C\c1c[nH]c2ccccc12. The molecule has 4 aromatic rings. The van der Waals surface area contributed by atoms with Crippen LogP contribution in [-0.2, 0) is 4.79 Å². The molecular formula is C23H20BrN3O2. The van der Waals surface area contributed by atoms with E-state index in [2.05, 4.69) is 31.4 Å². The first kappa shape index (κ1) is 19.2. The molecule has 5 nitrogen and oxygen atoms in total. The number of hydrogen-bond acceptors (Lipinski definition) is 3. The molecule has 6 heteroatoms. The van der Waals surface area contributed by atoms with Gasteiger partial charge in [0.2, 0.25) is 0 Å². The fraction of sp³-hybridized carbons (Fsp3) is 0.130. The molecular weight excluding hydrogens is 430 g/mol. The number of amides is 1. The largest absolute Gasteiger partial charge is 0.479 e. The van der Waals surface area contributed by atoms with E-state index in [-0.39, 0.29) is 5.91 Å². The predicted octanol–water partition coefficient (Wildman–Crippen LogP) is 5.39. The van der Waals surface area contributed by atoms with E-state index in [1.165, 1.54) is 0 Å². The molecule has 0 fully saturated rings. The van der Waals surface area contributed by atoms with Crippen molar-refractivity contribution in [1.29, 1.82) is 0 Å². The van der Waals surface area contributed by atoms with Crippen LogP contribution in [0.25, 0.3) is 21.7 Å². The Morgan fingerprint density at radius 2 is 1.90 bits per heavy atom. The lowest BCUT2D eigenvalue weighted by Crippen LogP contribution is -2.35. The third kappa shape index (κ3) is 4.03. The maximum Gasteiger partial charge on any atom is 0.281 e. The summed E-state index contributed by atoms with van der Waals surface area (Å²) in [4.78, 5) is 15.8. The minimum Gasteiger partial charge on any atom is -0.479 e. The van der Waals surface area contributed by atoms with Crippen LogP contribution in [0.4, 0.5) is 0 Å². The molecule has 0 unspecified atom stereocenters. The maximum atomic E-state index is 12.6. The van der Waals surface area contributed by atoms with Crippen molar-refractivity contribution < 1.29 is 9.53 Å². The van der Waals surface area contributed by atoms with E-state index in [9.17, 15) is 4.79 Å². The molecule has 0 spiro atoms. The summed E-state index contributed by atoms with van der Waals surface area (Å²) in [5.41, 5.74) is 4.52. The zero-order valence-corrected chi connectivity index (χ0v) is 17.4. The van der Waals surface area contributed by atoms with Gasteiger partial charge in [0.25, 0.3) is 5.91 Å². The Kier molecular flexibility index (Phi) is 5.62. The highest BCUT2D eigenvalue weighted by Gasteiger charge is 2.19. The summed E-state index contributed by atoms with van der Waals surface area (Å²) < 4.78 is 6.82. The van der Waals surface area contributed by atoms with Crippen LogP contribution in [0.5, 0.6) is 5.75 Å². The summed E-state index contributed by atoms with van der Waals surface area (Å²) in [6.07, 6.45) is 3.37. The second-order valence-electron chi connectivity index (χ2n) is 6.64. The lowest BCUT2D eigenvalue weighted by Gasteiger charge is -2.17. The summed E-state index contributed by atoms with van der Waals surface area (Å²) in [5.74, 6) is 0.343. The number of hydrogen-bond donors (Lipinski definition) is 2. The minimum atomic E-state index is -0.646. The van der Waals surface area contributed by atoms with Gasteiger partial charge in [0.15, 0.2) is 6.10 Å². The molecule has 146 valence electrons. The van der Waals surface area contributed by atoms with Gasteiger partial charge >= 0.3 is 0 Å². The number of aromatic nitrogens is 1. The smallest absolute Gasteiger partial charge is 0.281 e. The van der Waals surface area contributed by atoms with Crippen molar-refractivity contribution in [2.45, 2.75) is 19.4 Å². The van der Waals surface area contributed by atoms with Crippen LogP contribution in [0, 0.1) is 0 Å². The molecule has 29 heavy (non-hydrogen) atoms. The van der Waals surface area contributed by atoms with E-state index in [0.29, 0.717) is 12.2 Å². The highest BCUT2D eigenvalue weighted by Crippen LogP contribution is 2.33. The van der Waals surface area contributed by atoms with Gasteiger partial charge in [-0.1, -0.05) is 55.5 Å². The summed E-state index contributed by atoms with van der Waals surface area (Å²) >= 11 is 3.60. The number of H-pyrrole nitrogens is 1. The maximum absolute atomic E-state index is 12.6. The van der Waals surface area contributed by atoms with E-state index >= 15 is 0 Å². The first-order valence-corrected chi connectivity index (χ1v) is 10.2. The van der Waals surface area contributed by atoms with Gasteiger partial charge < -0.3 is 9.72 Å². The molecule has 0 bridgehead atoms. The average Bonchev–Trinajstić information content (AvgIpc) is 3.16. The van der Waals surface area contributed by atoms with E-state index < -0.39 is 6.10 Å². The van der Waals surface area contributed by atoms with Crippen molar-refractivity contribution in [2.75, 3.05) is 0 Å². The Bertz CT molecular complexity index is 1200. The van der Waals surface area contributed by atoms with Crippen LogP contribution >= 0.6 is 15.9 Å². The molecule has 0 aliphatic carbocycles. The summed E-state index contributed by atoms with van der Waals surface area (Å²) in [7, 11) is 0. The lowest BCUT2D eigenvalue weighted by molar-refractivity contribution is -0.128. The van der Waals surface area contributed by atoms with Gasteiger partial charge in [0.1, 0.15) is 5.75 Å². The molecule has 3 aromatic carbocycles. The number of benzene rings is 3. The monoisotopic (exact) mass is 449 g/mol. The van der Waals surface area contributed by atoms with Crippen molar-refractivity contribution in [3.05, 3.63) is 76.9 Å². The van der Waals surface area contributed by atoms with Crippen LogP contribution in [-0.4, -0.2) is 23.2 Å². The van der Waals surface area contributed by atoms with Crippen LogP contribution in [0.2, 0.25) is 0 Å². The molecule has 0 saturated heterocycles. The molecule has 0 saturated carbocycles. The molecule has 1 atom stereocenters. The van der Waals surface area contributed by atoms with Crippen LogP contribution in [0.15, 0.2) is 76.4 Å². The molecule has 0 aliphatic heterocycles. The fourth-order valence-corrected chi connectivity index (χ4v) is 3.81. The number of carbonyl (C=O) groups excluding carboxylic acids is 1. The number of nitrogens with zero attached hydrogens (tertiary/aromatic N) is 1. The topological polar surface area (TPSA) is 66.5 Å². The Balaban J connectivity index is 1.46. The van der Waals surface area contributed by atoms with Crippen molar-refractivity contribution in [3.8, 4) is 5.75 Å². The Hall–Kier alpha value is -3.12. The number of nitrogens with one attached hydrogen (secondary N) is 2. The van der Waals surface area contributed by atoms with Gasteiger partial charge in [-0.15, -0.1) is 0 Å². The van der Waals surface area contributed by atoms with Crippen LogP contribution in [0.3, 0.4) is 0 Å². The number of halogens is 1. The average molecular weight is 450 g/mol. The van der Waals surface area contributed by atoms with Gasteiger partial charge in [-0.3, -0.25) is 4.79 Å². The number of rotatable bonds is 6. The molecule has 0 aliphatic rings. The molecule has 2 N–H and O–H groups in total. The molecule has 1 aromatic heterocycles. The highest BCUT2D eigenvalue weighted by molar-refractivity contribution is 9.10. The highest BCUT2D eigenvalue weighted by atomic mass is 79.9. The van der Waals surface area contributed by atoms with E-state index in [4.69, 9.17) is 4.74 Å². The number of carbonyl (C=O) groups is 1. The quantitative estimate of drug-likeness (QED) is 0.306. The fourth-order valence-electron chi connectivity index (χ4n) is 3.22. The predicted molar refractivity (Wildman–Crippen MR) is 120 cm³/mol. The standard InChI is InChI=1S/C23H20BrN3O2/c1-2-20(29-21-12-11-15-7-3-4-9-18(15)22(21)24)23(28)27-26-14-16-13-25-19-10-6-5-8-17(16)19/h3-14,20,25H,2H2,1H3,(H,27,28)/b26-14-/t20-/m1/s1. The second-order valence-corrected chi connectivity index (χ2v) is 7.43. The molecule has 4 rings (SSSR count). The first-order valence-electron chi connectivity index (χ1n) is 9.40. The second kappa shape index (κ2) is 8.49. The zero-order chi connectivity index (χ0) is 20.2. The minimum absolute atomic E-state index is 0.288. The van der Waals surface area contributed by atoms with Gasteiger partial charge in [-0.25, -0.2) is 5.43 Å². The van der Waals surface area contributed by atoms with Crippen molar-refractivity contribution in [3.63, 3.8) is 0 Å². The van der Waals surface area contributed by atoms with Gasteiger partial charge in [0.05, 0.1) is 10.7 Å². The van der Waals surface area contributed by atoms with Crippen LogP contribution < -0.4 is 10.2 Å². The Labute approximate surface area is 176 Å². The number of hydrazone groups is 1. The Morgan fingerprint density at radius 3 is 2.72 bits per heavy atom. The molecule has 1 amide bonds. The number of aromatic amines is 1. The summed E-state index contributed by atoms with van der Waals surface area (Å²) in [6, 6.07) is 19.8. The Morgan fingerprint density at radius 1 is 1.14 bits per heavy atom. The third-order valence-corrected chi connectivity index (χ3v) is 5.58. The third-order valence-electron chi connectivity index (χ3n) is 4.76. The molecule has 0 radical (unpaired) electrons. The summed E-state index contributed by atoms with van der Waals surface area (Å²) in [5, 5.41) is 7.30. The van der Waals surface area contributed by atoms with E-state index in [0.717, 1.165) is 31.7 Å². The lowest BCUT2D eigenvalue weighted by atomic mass is 10.1. The summed E-state index contributed by atoms with van der Waals surface area (Å²) in [6.45, 7) is 1.91. The van der Waals surface area contributed by atoms with Crippen molar-refractivity contribution >= 4 is 49.7 Å². The normalized spacial score (nSPS) is 12.5. The molecule has 1 heterocycles. The van der Waals surface area contributed by atoms with Gasteiger partial charge in [0, 0.05) is 22.7 Å². The number of fused-ring (bicyclic) bond motifs is 2. The van der Waals surface area contributed by atoms with E-state index in [1.54, 1.807) is 6.21 Å². The first-order chi connectivity index (χ1) is 14.2. The number of para-hydroxylation sites is 1. The zero-order valence-electron chi connectivity index (χ0n) is 15.9. The number of ether oxygens (including phenoxy) is 1. The van der Waals surface area contributed by atoms with Gasteiger partial charge in [-0.05, 0) is 45.3 Å². The van der Waals surface area contributed by atoms with E-state index in [1.807, 2.05) is 73.8 Å². The van der Waals surface area contributed by atoms with Crippen molar-refractivity contribution in [2.24, 2.45) is 5.10 Å². The van der Waals surface area contributed by atoms with Crippen molar-refractivity contribution in [1.82, 2.24) is 10.4 Å². The van der Waals surface area contributed by atoms with Gasteiger partial charge in [-0.2, -0.15) is 5.10 Å².